The molecule has 0 saturated carbocycles. The molecule has 152 valence electrons. The molecule has 2 aromatic heterocycles. The van der Waals surface area contributed by atoms with Crippen LogP contribution in [0.1, 0.15) is 12.7 Å². The Balaban J connectivity index is 1.45. The van der Waals surface area contributed by atoms with E-state index >= 15 is 0 Å². The molecule has 1 aliphatic heterocycles. The third-order valence-corrected chi connectivity index (χ3v) is 7.04. The van der Waals surface area contributed by atoms with Crippen LogP contribution in [0.4, 0.5) is 0 Å². The van der Waals surface area contributed by atoms with E-state index in [0.29, 0.717) is 42.4 Å². The first-order chi connectivity index (χ1) is 14.0. The molecule has 29 heavy (non-hydrogen) atoms. The average molecular weight is 494 g/mol. The van der Waals surface area contributed by atoms with Crippen molar-refractivity contribution in [3.63, 3.8) is 0 Å². The van der Waals surface area contributed by atoms with Gasteiger partial charge in [-0.2, -0.15) is 0 Å². The molecule has 4 rings (SSSR count). The summed E-state index contributed by atoms with van der Waals surface area (Å²) in [7, 11) is 0. The van der Waals surface area contributed by atoms with Crippen LogP contribution in [0.3, 0.4) is 0 Å². The Hall–Kier alpha value is -1.68. The predicted molar refractivity (Wildman–Crippen MR) is 122 cm³/mol. The van der Waals surface area contributed by atoms with Crippen molar-refractivity contribution in [2.75, 3.05) is 25.4 Å². The SMILES string of the molecule is C[C@H]1CN(C(=O)CSCc2nc3scc(-c4ccc(Br)cc4)c3c(=O)[nH]2)CCO1. The Morgan fingerprint density at radius 2 is 2.21 bits per heavy atom. The molecular weight excluding hydrogens is 474 g/mol. The van der Waals surface area contributed by atoms with E-state index < -0.39 is 0 Å². The number of hydrogen-bond donors (Lipinski definition) is 1. The van der Waals surface area contributed by atoms with Gasteiger partial charge in [-0.15, -0.1) is 23.1 Å². The number of aromatic amines is 1. The lowest BCUT2D eigenvalue weighted by Crippen LogP contribution is -2.45. The average Bonchev–Trinajstić information content (AvgIpc) is 3.13. The van der Waals surface area contributed by atoms with E-state index in [1.807, 2.05) is 41.5 Å². The van der Waals surface area contributed by atoms with Crippen LogP contribution in [-0.2, 0) is 15.3 Å². The Morgan fingerprint density at radius 3 is 2.97 bits per heavy atom. The van der Waals surface area contributed by atoms with Gasteiger partial charge < -0.3 is 14.6 Å². The number of ether oxygens (including phenoxy) is 1. The fraction of sp³-hybridized carbons (Fsp3) is 0.350. The first kappa shape index (κ1) is 20.6. The van der Waals surface area contributed by atoms with E-state index in [0.717, 1.165) is 20.4 Å². The lowest BCUT2D eigenvalue weighted by molar-refractivity contribution is -0.135. The highest BCUT2D eigenvalue weighted by Gasteiger charge is 2.21. The van der Waals surface area contributed by atoms with E-state index in [-0.39, 0.29) is 17.6 Å². The van der Waals surface area contributed by atoms with Crippen molar-refractivity contribution in [2.24, 2.45) is 0 Å². The smallest absolute Gasteiger partial charge is 0.260 e. The van der Waals surface area contributed by atoms with Gasteiger partial charge in [-0.25, -0.2) is 4.98 Å². The Kier molecular flexibility index (Phi) is 6.38. The maximum atomic E-state index is 12.7. The van der Waals surface area contributed by atoms with Gasteiger partial charge in [0, 0.05) is 28.5 Å². The molecule has 0 unspecified atom stereocenters. The number of amides is 1. The van der Waals surface area contributed by atoms with Crippen molar-refractivity contribution in [1.29, 1.82) is 0 Å². The summed E-state index contributed by atoms with van der Waals surface area (Å²) in [6.45, 7) is 3.83. The summed E-state index contributed by atoms with van der Waals surface area (Å²) in [4.78, 5) is 35.1. The number of thioether (sulfide) groups is 1. The van der Waals surface area contributed by atoms with Crippen molar-refractivity contribution in [3.05, 3.63) is 50.3 Å². The minimum atomic E-state index is -0.141. The van der Waals surface area contributed by atoms with E-state index in [9.17, 15) is 9.59 Å². The van der Waals surface area contributed by atoms with Gasteiger partial charge in [0.25, 0.3) is 5.56 Å². The number of nitrogens with zero attached hydrogens (tertiary/aromatic N) is 2. The fourth-order valence-electron chi connectivity index (χ4n) is 3.28. The number of halogens is 1. The van der Waals surface area contributed by atoms with E-state index in [2.05, 4.69) is 25.9 Å². The molecule has 1 amide bonds. The van der Waals surface area contributed by atoms with Crippen LogP contribution in [0.15, 0.2) is 38.9 Å². The van der Waals surface area contributed by atoms with Crippen molar-refractivity contribution < 1.29 is 9.53 Å². The molecule has 1 N–H and O–H groups in total. The Morgan fingerprint density at radius 1 is 1.41 bits per heavy atom. The Bertz CT molecular complexity index is 1080. The number of rotatable bonds is 5. The normalized spacial score (nSPS) is 17.0. The maximum absolute atomic E-state index is 12.7. The molecule has 1 aliphatic rings. The van der Waals surface area contributed by atoms with Gasteiger partial charge in [-0.3, -0.25) is 9.59 Å². The third kappa shape index (κ3) is 4.74. The monoisotopic (exact) mass is 493 g/mol. The van der Waals surface area contributed by atoms with Gasteiger partial charge in [-0.05, 0) is 24.6 Å². The molecule has 1 aromatic carbocycles. The minimum absolute atomic E-state index is 0.0804. The molecular formula is C20H20BrN3O3S2. The van der Waals surface area contributed by atoms with Crippen molar-refractivity contribution in [3.8, 4) is 11.1 Å². The lowest BCUT2D eigenvalue weighted by Gasteiger charge is -2.31. The standard InChI is InChI=1S/C20H20BrN3O3S2/c1-12-8-24(6-7-27-12)17(25)11-28-10-16-22-19(26)18-15(9-29-20(18)23-16)13-2-4-14(21)5-3-13/h2-5,9,12H,6-8,10-11H2,1H3,(H,22,23,26)/t12-/m0/s1. The van der Waals surface area contributed by atoms with Gasteiger partial charge in [0.1, 0.15) is 10.7 Å². The third-order valence-electron chi connectivity index (χ3n) is 4.71. The number of nitrogens with one attached hydrogen (secondary N) is 1. The molecule has 9 heteroatoms. The predicted octanol–water partition coefficient (Wildman–Crippen LogP) is 3.89. The van der Waals surface area contributed by atoms with Gasteiger partial charge in [0.05, 0.1) is 29.6 Å². The second-order valence-corrected chi connectivity index (χ2v) is 9.62. The summed E-state index contributed by atoms with van der Waals surface area (Å²) < 4.78 is 6.47. The van der Waals surface area contributed by atoms with E-state index in [4.69, 9.17) is 4.74 Å². The van der Waals surface area contributed by atoms with Crippen LogP contribution < -0.4 is 5.56 Å². The summed E-state index contributed by atoms with van der Waals surface area (Å²) in [6, 6.07) is 7.87. The van der Waals surface area contributed by atoms with Crippen LogP contribution in [0.25, 0.3) is 21.3 Å². The number of H-pyrrole nitrogens is 1. The van der Waals surface area contributed by atoms with Gasteiger partial charge in [-0.1, -0.05) is 28.1 Å². The van der Waals surface area contributed by atoms with Crippen LogP contribution in [0, 0.1) is 0 Å². The van der Waals surface area contributed by atoms with Crippen molar-refractivity contribution >= 4 is 55.2 Å². The lowest BCUT2D eigenvalue weighted by atomic mass is 10.1. The van der Waals surface area contributed by atoms with E-state index in [1.54, 1.807) is 0 Å². The highest BCUT2D eigenvalue weighted by molar-refractivity contribution is 9.10. The van der Waals surface area contributed by atoms with Gasteiger partial charge in [0.2, 0.25) is 5.91 Å². The summed E-state index contributed by atoms with van der Waals surface area (Å²) in [6.07, 6.45) is 0.0804. The number of benzene rings is 1. The zero-order valence-electron chi connectivity index (χ0n) is 15.8. The molecule has 1 saturated heterocycles. The fourth-order valence-corrected chi connectivity index (χ4v) is 5.30. The molecule has 0 aliphatic carbocycles. The van der Waals surface area contributed by atoms with E-state index in [1.165, 1.54) is 23.1 Å². The van der Waals surface area contributed by atoms with Gasteiger partial charge in [0.15, 0.2) is 0 Å². The second kappa shape index (κ2) is 8.99. The van der Waals surface area contributed by atoms with Crippen LogP contribution in [0.5, 0.6) is 0 Å². The first-order valence-corrected chi connectivity index (χ1v) is 12.1. The maximum Gasteiger partial charge on any atom is 0.260 e. The topological polar surface area (TPSA) is 75.3 Å². The summed E-state index contributed by atoms with van der Waals surface area (Å²) in [5.41, 5.74) is 1.74. The Labute approximate surface area is 184 Å². The number of thiophene rings is 1. The molecule has 1 fully saturated rings. The molecule has 1 atom stereocenters. The number of carbonyl (C=O) groups is 1. The summed E-state index contributed by atoms with van der Waals surface area (Å²) >= 11 is 6.36. The molecule has 0 bridgehead atoms. The molecule has 3 aromatic rings. The largest absolute Gasteiger partial charge is 0.375 e. The number of aromatic nitrogens is 2. The highest BCUT2D eigenvalue weighted by Crippen LogP contribution is 2.31. The zero-order chi connectivity index (χ0) is 20.4. The highest BCUT2D eigenvalue weighted by atomic mass is 79.9. The number of morpholine rings is 1. The van der Waals surface area contributed by atoms with Crippen molar-refractivity contribution in [2.45, 2.75) is 18.8 Å². The minimum Gasteiger partial charge on any atom is -0.375 e. The van der Waals surface area contributed by atoms with Crippen LogP contribution in [0.2, 0.25) is 0 Å². The summed E-state index contributed by atoms with van der Waals surface area (Å²) in [5, 5.41) is 2.58. The zero-order valence-corrected chi connectivity index (χ0v) is 19.0. The van der Waals surface area contributed by atoms with Gasteiger partial charge >= 0.3 is 0 Å². The van der Waals surface area contributed by atoms with Crippen LogP contribution >= 0.6 is 39.0 Å². The summed E-state index contributed by atoms with van der Waals surface area (Å²) in [5.74, 6) is 1.55. The quantitative estimate of drug-likeness (QED) is 0.583. The second-order valence-electron chi connectivity index (χ2n) is 6.86. The first-order valence-electron chi connectivity index (χ1n) is 9.24. The van der Waals surface area contributed by atoms with Crippen molar-refractivity contribution in [1.82, 2.24) is 14.9 Å². The molecule has 6 nitrogen and oxygen atoms in total. The number of hydrogen-bond acceptors (Lipinski definition) is 6. The number of fused-ring (bicyclic) bond motifs is 1. The molecule has 0 spiro atoms. The number of carbonyl (C=O) groups excluding carboxylic acids is 1. The molecule has 3 heterocycles. The molecule has 0 radical (unpaired) electrons. The van der Waals surface area contributed by atoms with Crippen LogP contribution in [-0.4, -0.2) is 52.3 Å².